The van der Waals surface area contributed by atoms with E-state index in [-0.39, 0.29) is 18.4 Å². The van der Waals surface area contributed by atoms with Crippen molar-refractivity contribution in [3.05, 3.63) is 35.6 Å². The summed E-state index contributed by atoms with van der Waals surface area (Å²) < 4.78 is 13.8. The molecule has 3 amide bonds. The Morgan fingerprint density at radius 3 is 2.44 bits per heavy atom. The number of carbonyl (C=O) groups is 3. The molecule has 0 fully saturated rings. The molecule has 1 aromatic rings. The van der Waals surface area contributed by atoms with Crippen molar-refractivity contribution in [1.82, 2.24) is 10.6 Å². The smallest absolute Gasteiger partial charge is 0.243 e. The van der Waals surface area contributed by atoms with Crippen molar-refractivity contribution < 1.29 is 18.8 Å². The molecular formula is C17H21FN4O3. The zero-order valence-electron chi connectivity index (χ0n) is 14.1. The van der Waals surface area contributed by atoms with E-state index in [1.807, 2.05) is 6.07 Å². The van der Waals surface area contributed by atoms with E-state index in [1.54, 1.807) is 13.0 Å². The Bertz CT molecular complexity index is 687. The normalized spacial score (nSPS) is 13.8. The highest BCUT2D eigenvalue weighted by Crippen LogP contribution is 2.11. The van der Waals surface area contributed by atoms with Crippen LogP contribution in [0.25, 0.3) is 0 Å². The molecule has 0 bridgehead atoms. The molecule has 0 heterocycles. The van der Waals surface area contributed by atoms with Crippen molar-refractivity contribution in [2.24, 2.45) is 11.7 Å². The third-order valence-electron chi connectivity index (χ3n) is 3.66. The summed E-state index contributed by atoms with van der Waals surface area (Å²) in [5.74, 6) is -2.94. The minimum Gasteiger partial charge on any atom is -0.368 e. The largest absolute Gasteiger partial charge is 0.368 e. The number of rotatable bonds is 8. The SMILES string of the molecule is CC(=O)N[C@H](Cc1ccccc1F)C(=O)N[C@H](C(N)=O)[C@H](C)CC#N. The van der Waals surface area contributed by atoms with Gasteiger partial charge in [-0.3, -0.25) is 14.4 Å². The van der Waals surface area contributed by atoms with Gasteiger partial charge in [-0.2, -0.15) is 5.26 Å². The Balaban J connectivity index is 2.96. The first-order valence-electron chi connectivity index (χ1n) is 7.73. The first-order chi connectivity index (χ1) is 11.8. The van der Waals surface area contributed by atoms with E-state index < -0.39 is 41.5 Å². The van der Waals surface area contributed by atoms with Crippen LogP contribution in [0.5, 0.6) is 0 Å². The number of carbonyl (C=O) groups excluding carboxylic acids is 3. The first kappa shape index (κ1) is 20.1. The van der Waals surface area contributed by atoms with E-state index in [0.717, 1.165) is 0 Å². The molecule has 4 N–H and O–H groups in total. The lowest BCUT2D eigenvalue weighted by Crippen LogP contribution is -2.55. The Morgan fingerprint density at radius 2 is 1.92 bits per heavy atom. The molecule has 0 aromatic heterocycles. The molecule has 7 nitrogen and oxygen atoms in total. The lowest BCUT2D eigenvalue weighted by Gasteiger charge is -2.24. The van der Waals surface area contributed by atoms with Crippen molar-refractivity contribution in [1.29, 1.82) is 5.26 Å². The summed E-state index contributed by atoms with van der Waals surface area (Å²) in [4.78, 5) is 35.4. The van der Waals surface area contributed by atoms with Gasteiger partial charge in [0.15, 0.2) is 0 Å². The van der Waals surface area contributed by atoms with Crippen LogP contribution in [0.1, 0.15) is 25.8 Å². The molecule has 0 spiro atoms. The number of nitrogens with two attached hydrogens (primary N) is 1. The van der Waals surface area contributed by atoms with Crippen LogP contribution in [0, 0.1) is 23.1 Å². The van der Waals surface area contributed by atoms with E-state index in [0.29, 0.717) is 0 Å². The molecule has 1 rings (SSSR count). The van der Waals surface area contributed by atoms with Crippen LogP contribution in [0.4, 0.5) is 4.39 Å². The minimum atomic E-state index is -1.08. The maximum absolute atomic E-state index is 13.8. The monoisotopic (exact) mass is 348 g/mol. The molecule has 3 atom stereocenters. The number of primary amides is 1. The lowest BCUT2D eigenvalue weighted by molar-refractivity contribution is -0.131. The number of benzene rings is 1. The number of nitriles is 1. The van der Waals surface area contributed by atoms with Crippen molar-refractivity contribution in [2.75, 3.05) is 0 Å². The van der Waals surface area contributed by atoms with Crippen LogP contribution in [-0.2, 0) is 20.8 Å². The maximum atomic E-state index is 13.8. The molecule has 0 aliphatic heterocycles. The summed E-state index contributed by atoms with van der Waals surface area (Å²) in [6.07, 6.45) is -0.0673. The van der Waals surface area contributed by atoms with Crippen LogP contribution in [0.2, 0.25) is 0 Å². The van der Waals surface area contributed by atoms with Crippen LogP contribution in [-0.4, -0.2) is 29.8 Å². The molecule has 0 aliphatic rings. The van der Waals surface area contributed by atoms with Gasteiger partial charge in [-0.05, 0) is 17.5 Å². The number of halogens is 1. The van der Waals surface area contributed by atoms with Gasteiger partial charge >= 0.3 is 0 Å². The van der Waals surface area contributed by atoms with Gasteiger partial charge in [0.25, 0.3) is 0 Å². The van der Waals surface area contributed by atoms with E-state index in [9.17, 15) is 18.8 Å². The maximum Gasteiger partial charge on any atom is 0.243 e. The van der Waals surface area contributed by atoms with Gasteiger partial charge in [0, 0.05) is 19.8 Å². The van der Waals surface area contributed by atoms with Crippen LogP contribution in [0.3, 0.4) is 0 Å². The predicted octanol–water partition coefficient (Wildman–Crippen LogP) is 0.393. The minimum absolute atomic E-state index is 0.0198. The van der Waals surface area contributed by atoms with E-state index in [1.165, 1.54) is 25.1 Å². The summed E-state index contributed by atoms with van der Waals surface area (Å²) in [7, 11) is 0. The van der Waals surface area contributed by atoms with Crippen LogP contribution in [0.15, 0.2) is 24.3 Å². The Morgan fingerprint density at radius 1 is 1.28 bits per heavy atom. The third-order valence-corrected chi connectivity index (χ3v) is 3.66. The number of hydrogen-bond donors (Lipinski definition) is 3. The molecule has 25 heavy (non-hydrogen) atoms. The Labute approximate surface area is 145 Å². The van der Waals surface area contributed by atoms with E-state index >= 15 is 0 Å². The van der Waals surface area contributed by atoms with Crippen LogP contribution < -0.4 is 16.4 Å². The number of amides is 3. The summed E-state index contributed by atoms with van der Waals surface area (Å²) in [6, 6.07) is 5.64. The van der Waals surface area contributed by atoms with Gasteiger partial charge < -0.3 is 16.4 Å². The van der Waals surface area contributed by atoms with Crippen LogP contribution >= 0.6 is 0 Å². The molecule has 134 valence electrons. The van der Waals surface area contributed by atoms with Crippen molar-refractivity contribution >= 4 is 17.7 Å². The van der Waals surface area contributed by atoms with Gasteiger partial charge in [0.05, 0.1) is 6.07 Å². The molecule has 0 unspecified atom stereocenters. The zero-order valence-corrected chi connectivity index (χ0v) is 14.1. The van der Waals surface area contributed by atoms with Crippen molar-refractivity contribution in [3.8, 4) is 6.07 Å². The first-order valence-corrected chi connectivity index (χ1v) is 7.73. The standard InChI is InChI=1S/C17H21FN4O3/c1-10(7-8-19)15(16(20)24)22-17(25)14(21-11(2)23)9-12-5-3-4-6-13(12)18/h3-6,10,14-15H,7,9H2,1-2H3,(H2,20,24)(H,21,23)(H,22,25)/t10-,14-,15+/m1/s1. The molecule has 0 saturated heterocycles. The fraction of sp³-hybridized carbons (Fsp3) is 0.412. The summed E-state index contributed by atoms with van der Waals surface area (Å²) >= 11 is 0. The second-order valence-corrected chi connectivity index (χ2v) is 5.78. The Hall–Kier alpha value is -2.95. The number of nitrogens with zero attached hydrogens (tertiary/aromatic N) is 1. The highest BCUT2D eigenvalue weighted by molar-refractivity contribution is 5.91. The van der Waals surface area contributed by atoms with Gasteiger partial charge in [0.2, 0.25) is 17.7 Å². The van der Waals surface area contributed by atoms with Gasteiger partial charge in [-0.15, -0.1) is 0 Å². The zero-order chi connectivity index (χ0) is 19.0. The average molecular weight is 348 g/mol. The highest BCUT2D eigenvalue weighted by Gasteiger charge is 2.29. The Kier molecular flexibility index (Phi) is 7.53. The van der Waals surface area contributed by atoms with E-state index in [4.69, 9.17) is 11.0 Å². The second-order valence-electron chi connectivity index (χ2n) is 5.78. The molecule has 0 aliphatic carbocycles. The van der Waals surface area contributed by atoms with E-state index in [2.05, 4.69) is 10.6 Å². The third kappa shape index (κ3) is 6.22. The lowest BCUT2D eigenvalue weighted by atomic mass is 9.97. The van der Waals surface area contributed by atoms with Crippen molar-refractivity contribution in [3.63, 3.8) is 0 Å². The fourth-order valence-electron chi connectivity index (χ4n) is 2.35. The summed E-state index contributed by atoms with van der Waals surface area (Å²) in [5, 5.41) is 13.6. The molecule has 0 radical (unpaired) electrons. The highest BCUT2D eigenvalue weighted by atomic mass is 19.1. The van der Waals surface area contributed by atoms with Gasteiger partial charge in [0.1, 0.15) is 17.9 Å². The quantitative estimate of drug-likeness (QED) is 0.628. The van der Waals surface area contributed by atoms with Gasteiger partial charge in [-0.1, -0.05) is 25.1 Å². The molecule has 8 heteroatoms. The molecule has 0 saturated carbocycles. The van der Waals surface area contributed by atoms with Crippen molar-refractivity contribution in [2.45, 2.75) is 38.8 Å². The summed E-state index contributed by atoms with van der Waals surface area (Å²) in [6.45, 7) is 2.83. The predicted molar refractivity (Wildman–Crippen MR) is 88.2 cm³/mol. The second kappa shape index (κ2) is 9.37. The molecular weight excluding hydrogens is 327 g/mol. The average Bonchev–Trinajstić information content (AvgIpc) is 2.53. The fourth-order valence-corrected chi connectivity index (χ4v) is 2.35. The van der Waals surface area contributed by atoms with Gasteiger partial charge in [-0.25, -0.2) is 4.39 Å². The summed E-state index contributed by atoms with van der Waals surface area (Å²) in [5.41, 5.74) is 5.53. The number of nitrogens with one attached hydrogen (secondary N) is 2. The number of hydrogen-bond acceptors (Lipinski definition) is 4. The topological polar surface area (TPSA) is 125 Å². The molecule has 1 aromatic carbocycles.